The standard InChI is InChI=1S/C14H16F3NO3.C12H12F3NO3/c1-3-21-13(19)11-12(14(15,16)17)18(11)8-9-4-6-10(20-2)7-5-9;1-19-8-4-2-7(3-5-8)6-16-9(11(17)18)10(16)12(13,14)15/h4-7,11-12H,3,8H2,1-2H3;2-5,9-10H,6H2,1H3,(H,17,18)/t11-,12+,18?;9-,10+,16?/m00/s1. The summed E-state index contributed by atoms with van der Waals surface area (Å²) >= 11 is 0. The number of aliphatic carboxylic acids is 1. The van der Waals surface area contributed by atoms with Crippen LogP contribution < -0.4 is 9.47 Å². The van der Waals surface area contributed by atoms with Crippen molar-refractivity contribution in [3.63, 3.8) is 0 Å². The minimum atomic E-state index is -4.52. The topological polar surface area (TPSA) is 88.1 Å². The normalized spacial score (nSPS) is 25.2. The van der Waals surface area contributed by atoms with Gasteiger partial charge < -0.3 is 19.3 Å². The number of rotatable bonds is 9. The van der Waals surface area contributed by atoms with Gasteiger partial charge in [0.05, 0.1) is 20.8 Å². The fourth-order valence-corrected chi connectivity index (χ4v) is 4.33. The summed E-state index contributed by atoms with van der Waals surface area (Å²) in [7, 11) is 3.00. The first kappa shape index (κ1) is 31.0. The molecule has 0 saturated carbocycles. The number of carbonyl (C=O) groups excluding carboxylic acids is 1. The first-order chi connectivity index (χ1) is 18.7. The number of methoxy groups -OCH3 is 2. The van der Waals surface area contributed by atoms with Gasteiger partial charge in [0.1, 0.15) is 35.7 Å². The summed E-state index contributed by atoms with van der Waals surface area (Å²) in [6.07, 6.45) is -8.96. The van der Waals surface area contributed by atoms with Crippen LogP contribution in [-0.2, 0) is 27.4 Å². The molecule has 6 atom stereocenters. The van der Waals surface area contributed by atoms with Gasteiger partial charge >= 0.3 is 24.3 Å². The van der Waals surface area contributed by atoms with Crippen molar-refractivity contribution >= 4 is 11.9 Å². The fourth-order valence-electron chi connectivity index (χ4n) is 4.33. The molecule has 40 heavy (non-hydrogen) atoms. The van der Waals surface area contributed by atoms with Crippen LogP contribution in [0.25, 0.3) is 0 Å². The van der Waals surface area contributed by atoms with Crippen molar-refractivity contribution in [1.29, 1.82) is 0 Å². The van der Waals surface area contributed by atoms with Crippen LogP contribution in [0.3, 0.4) is 0 Å². The molecule has 2 aliphatic heterocycles. The average Bonchev–Trinajstić information content (AvgIpc) is 3.79. The Morgan fingerprint density at radius 3 is 1.43 bits per heavy atom. The summed E-state index contributed by atoms with van der Waals surface area (Å²) in [4.78, 5) is 24.3. The monoisotopic (exact) mass is 578 g/mol. The van der Waals surface area contributed by atoms with E-state index in [1.807, 2.05) is 0 Å². The van der Waals surface area contributed by atoms with Gasteiger partial charge in [0.15, 0.2) is 0 Å². The molecule has 2 unspecified atom stereocenters. The number of hydrogen-bond acceptors (Lipinski definition) is 7. The van der Waals surface area contributed by atoms with Gasteiger partial charge in [-0.3, -0.25) is 19.4 Å². The van der Waals surface area contributed by atoms with Crippen molar-refractivity contribution in [3.05, 3.63) is 59.7 Å². The molecule has 4 rings (SSSR count). The van der Waals surface area contributed by atoms with Gasteiger partial charge in [-0.05, 0) is 42.3 Å². The van der Waals surface area contributed by atoms with E-state index in [9.17, 15) is 35.9 Å². The van der Waals surface area contributed by atoms with Crippen LogP contribution in [0, 0.1) is 0 Å². The van der Waals surface area contributed by atoms with Crippen molar-refractivity contribution in [3.8, 4) is 11.5 Å². The van der Waals surface area contributed by atoms with E-state index in [0.717, 1.165) is 9.80 Å². The predicted molar refractivity (Wildman–Crippen MR) is 129 cm³/mol. The van der Waals surface area contributed by atoms with Crippen LogP contribution >= 0.6 is 0 Å². The fraction of sp³-hybridized carbons (Fsp3) is 0.462. The quantitative estimate of drug-likeness (QED) is 0.268. The molecule has 0 radical (unpaired) electrons. The molecule has 0 aromatic heterocycles. The van der Waals surface area contributed by atoms with Crippen LogP contribution in [0.1, 0.15) is 18.1 Å². The van der Waals surface area contributed by atoms with E-state index in [0.29, 0.717) is 22.6 Å². The van der Waals surface area contributed by atoms with Crippen LogP contribution in [0.4, 0.5) is 26.3 Å². The molecule has 14 heteroatoms. The van der Waals surface area contributed by atoms with E-state index in [4.69, 9.17) is 19.3 Å². The van der Waals surface area contributed by atoms with Gasteiger partial charge in [0.25, 0.3) is 0 Å². The molecular formula is C26H28F6N2O6. The molecular weight excluding hydrogens is 550 g/mol. The predicted octanol–water partition coefficient (Wildman–Crippen LogP) is 4.27. The van der Waals surface area contributed by atoms with Crippen molar-refractivity contribution in [2.24, 2.45) is 0 Å². The van der Waals surface area contributed by atoms with E-state index in [1.165, 1.54) is 14.2 Å². The number of carbonyl (C=O) groups is 2. The van der Waals surface area contributed by atoms with Gasteiger partial charge in [-0.15, -0.1) is 0 Å². The Labute approximate surface area is 226 Å². The number of carboxylic acid groups (broad SMARTS) is 1. The maximum absolute atomic E-state index is 12.9. The van der Waals surface area contributed by atoms with Crippen molar-refractivity contribution in [1.82, 2.24) is 9.80 Å². The number of hydrogen-bond donors (Lipinski definition) is 1. The number of alkyl halides is 6. The number of esters is 1. The van der Waals surface area contributed by atoms with Gasteiger partial charge in [0, 0.05) is 13.1 Å². The molecule has 8 nitrogen and oxygen atoms in total. The number of nitrogens with zero attached hydrogens (tertiary/aromatic N) is 2. The van der Waals surface area contributed by atoms with Gasteiger partial charge in [-0.1, -0.05) is 24.3 Å². The minimum absolute atomic E-state index is 0.0393. The zero-order chi connectivity index (χ0) is 29.8. The number of ether oxygens (including phenoxy) is 3. The molecule has 2 aromatic carbocycles. The first-order valence-corrected chi connectivity index (χ1v) is 12.0. The first-order valence-electron chi connectivity index (χ1n) is 12.0. The minimum Gasteiger partial charge on any atom is -0.497 e. The lowest BCUT2D eigenvalue weighted by atomic mass is 10.2. The molecule has 2 aliphatic rings. The molecule has 0 bridgehead atoms. The van der Waals surface area contributed by atoms with E-state index < -0.39 is 48.5 Å². The highest BCUT2D eigenvalue weighted by atomic mass is 19.4. The second-order valence-electron chi connectivity index (χ2n) is 8.99. The van der Waals surface area contributed by atoms with Crippen molar-refractivity contribution < 1.29 is 55.2 Å². The average molecular weight is 579 g/mol. The summed E-state index contributed by atoms with van der Waals surface area (Å²) in [5, 5.41) is 8.76. The highest BCUT2D eigenvalue weighted by molar-refractivity contribution is 5.80. The summed E-state index contributed by atoms with van der Waals surface area (Å²) in [6, 6.07) is 6.77. The Kier molecular flexibility index (Phi) is 9.56. The third-order valence-electron chi connectivity index (χ3n) is 6.35. The highest BCUT2D eigenvalue weighted by Gasteiger charge is 2.67. The zero-order valence-corrected chi connectivity index (χ0v) is 21.7. The van der Waals surface area contributed by atoms with E-state index in [1.54, 1.807) is 55.5 Å². The lowest BCUT2D eigenvalue weighted by Crippen LogP contribution is -2.24. The molecule has 2 fully saturated rings. The SMILES string of the molecule is CCOC(=O)[C@@H]1[C@H](C(F)(F)F)N1Cc1ccc(OC)cc1.COc1ccc(CN2[C@H](C(=O)O)[C@@H]2C(F)(F)F)cc1. The molecule has 0 spiro atoms. The van der Waals surface area contributed by atoms with Crippen LogP contribution in [-0.4, -0.2) is 84.2 Å². The van der Waals surface area contributed by atoms with Crippen LogP contribution in [0.15, 0.2) is 48.5 Å². The molecule has 220 valence electrons. The smallest absolute Gasteiger partial charge is 0.406 e. The van der Waals surface area contributed by atoms with Crippen LogP contribution in [0.2, 0.25) is 0 Å². The van der Waals surface area contributed by atoms with Crippen LogP contribution in [0.5, 0.6) is 11.5 Å². The molecule has 2 saturated heterocycles. The maximum Gasteiger partial charge on any atom is 0.406 e. The van der Waals surface area contributed by atoms with Gasteiger partial charge in [0.2, 0.25) is 0 Å². The van der Waals surface area contributed by atoms with E-state index in [2.05, 4.69) is 0 Å². The molecule has 2 heterocycles. The maximum atomic E-state index is 12.9. The van der Waals surface area contributed by atoms with Crippen molar-refractivity contribution in [2.45, 2.75) is 56.5 Å². The Hall–Kier alpha value is -3.52. The largest absolute Gasteiger partial charge is 0.497 e. The number of carboxylic acids is 1. The number of halogens is 6. The van der Waals surface area contributed by atoms with E-state index >= 15 is 0 Å². The van der Waals surface area contributed by atoms with Crippen molar-refractivity contribution in [2.75, 3.05) is 20.8 Å². The Morgan fingerprint density at radius 2 is 1.12 bits per heavy atom. The molecule has 0 aliphatic carbocycles. The number of benzene rings is 2. The zero-order valence-electron chi connectivity index (χ0n) is 21.7. The third kappa shape index (κ3) is 7.56. The summed E-state index contributed by atoms with van der Waals surface area (Å²) in [6.45, 7) is 1.62. The summed E-state index contributed by atoms with van der Waals surface area (Å²) < 4.78 is 91.1. The summed E-state index contributed by atoms with van der Waals surface area (Å²) in [5.74, 6) is -1.06. The Morgan fingerprint density at radius 1 is 0.750 bits per heavy atom. The highest BCUT2D eigenvalue weighted by Crippen LogP contribution is 2.44. The van der Waals surface area contributed by atoms with Gasteiger partial charge in [-0.25, -0.2) is 0 Å². The lowest BCUT2D eigenvalue weighted by Gasteiger charge is -2.07. The lowest BCUT2D eigenvalue weighted by molar-refractivity contribution is -0.149. The Bertz CT molecular complexity index is 1160. The molecule has 2 aromatic rings. The Balaban J connectivity index is 0.000000222. The molecule has 0 amide bonds. The second kappa shape index (κ2) is 12.3. The van der Waals surface area contributed by atoms with E-state index in [-0.39, 0.29) is 19.7 Å². The molecule has 1 N–H and O–H groups in total. The third-order valence-corrected chi connectivity index (χ3v) is 6.35. The summed E-state index contributed by atoms with van der Waals surface area (Å²) in [5.41, 5.74) is 1.29. The second-order valence-corrected chi connectivity index (χ2v) is 8.99. The van der Waals surface area contributed by atoms with Gasteiger partial charge in [-0.2, -0.15) is 26.3 Å².